The highest BCUT2D eigenvalue weighted by atomic mass is 16.5. The number of carbonyl (C=O) groups is 2. The average molecular weight is 412 g/mol. The minimum Gasteiger partial charge on any atom is -0.380 e. The predicted molar refractivity (Wildman–Crippen MR) is 116 cm³/mol. The molecule has 1 aliphatic rings. The second kappa shape index (κ2) is 7.77. The molecule has 7 nitrogen and oxygen atoms in total. The van der Waals surface area contributed by atoms with Crippen LogP contribution < -0.4 is 5.32 Å². The van der Waals surface area contributed by atoms with Crippen molar-refractivity contribution in [2.45, 2.75) is 18.9 Å². The highest BCUT2D eigenvalue weighted by Crippen LogP contribution is 2.33. The van der Waals surface area contributed by atoms with Crippen molar-refractivity contribution in [3.8, 4) is 11.1 Å². The van der Waals surface area contributed by atoms with Gasteiger partial charge in [-0.3, -0.25) is 14.9 Å². The SMILES string of the molecule is COCc1ccccc1-c1ccc2nc(NC(=O)[C@H]3CC(=O)c4ccccc43)nn2c1. The van der Waals surface area contributed by atoms with Crippen LogP contribution in [0.3, 0.4) is 0 Å². The van der Waals surface area contributed by atoms with E-state index in [1.54, 1.807) is 17.7 Å². The Hall–Kier alpha value is -3.84. The first-order valence-corrected chi connectivity index (χ1v) is 10.0. The van der Waals surface area contributed by atoms with E-state index in [0.717, 1.165) is 22.3 Å². The van der Waals surface area contributed by atoms with Crippen molar-refractivity contribution < 1.29 is 14.3 Å². The normalized spacial score (nSPS) is 15.3. The van der Waals surface area contributed by atoms with E-state index in [1.807, 2.05) is 60.8 Å². The molecule has 154 valence electrons. The molecule has 2 aromatic carbocycles. The summed E-state index contributed by atoms with van der Waals surface area (Å²) in [5, 5.41) is 7.19. The van der Waals surface area contributed by atoms with Gasteiger partial charge in [-0.1, -0.05) is 48.5 Å². The van der Waals surface area contributed by atoms with Gasteiger partial charge >= 0.3 is 0 Å². The van der Waals surface area contributed by atoms with Crippen molar-refractivity contribution in [3.63, 3.8) is 0 Å². The molecule has 0 saturated heterocycles. The van der Waals surface area contributed by atoms with Gasteiger partial charge in [0.15, 0.2) is 11.4 Å². The molecule has 7 heteroatoms. The van der Waals surface area contributed by atoms with Crippen LogP contribution in [-0.4, -0.2) is 33.4 Å². The van der Waals surface area contributed by atoms with Crippen LogP contribution in [0.1, 0.15) is 33.8 Å². The number of benzene rings is 2. The topological polar surface area (TPSA) is 85.6 Å². The number of ketones is 1. The Labute approximate surface area is 178 Å². The van der Waals surface area contributed by atoms with Gasteiger partial charge in [0.2, 0.25) is 11.9 Å². The van der Waals surface area contributed by atoms with Gasteiger partial charge in [-0.15, -0.1) is 5.10 Å². The van der Waals surface area contributed by atoms with E-state index < -0.39 is 5.92 Å². The van der Waals surface area contributed by atoms with Gasteiger partial charge in [0, 0.05) is 30.9 Å². The second-order valence-electron chi connectivity index (χ2n) is 7.50. The maximum Gasteiger partial charge on any atom is 0.249 e. The first-order valence-electron chi connectivity index (χ1n) is 10.0. The molecule has 1 atom stereocenters. The van der Waals surface area contributed by atoms with Crippen LogP contribution in [0.2, 0.25) is 0 Å². The predicted octanol–water partition coefficient (Wildman–Crippen LogP) is 3.85. The zero-order valence-electron chi connectivity index (χ0n) is 16.9. The third-order valence-corrected chi connectivity index (χ3v) is 5.54. The molecule has 1 amide bonds. The summed E-state index contributed by atoms with van der Waals surface area (Å²) in [6.07, 6.45) is 2.04. The molecule has 0 aliphatic heterocycles. The van der Waals surface area contributed by atoms with Crippen molar-refractivity contribution in [2.24, 2.45) is 0 Å². The molecular formula is C24H20N4O3. The second-order valence-corrected chi connectivity index (χ2v) is 7.50. The summed E-state index contributed by atoms with van der Waals surface area (Å²) in [6, 6.07) is 19.1. The number of pyridine rings is 1. The minimum absolute atomic E-state index is 0.0157. The number of hydrogen-bond acceptors (Lipinski definition) is 5. The van der Waals surface area contributed by atoms with Gasteiger partial charge in [0.05, 0.1) is 12.5 Å². The van der Waals surface area contributed by atoms with E-state index in [0.29, 0.717) is 17.8 Å². The van der Waals surface area contributed by atoms with Crippen LogP contribution in [0.4, 0.5) is 5.95 Å². The minimum atomic E-state index is -0.521. The van der Waals surface area contributed by atoms with Gasteiger partial charge in [0.25, 0.3) is 0 Å². The third-order valence-electron chi connectivity index (χ3n) is 5.54. The number of rotatable bonds is 5. The molecule has 0 bridgehead atoms. The summed E-state index contributed by atoms with van der Waals surface area (Å²) in [6.45, 7) is 0.508. The molecule has 0 unspecified atom stereocenters. The quantitative estimate of drug-likeness (QED) is 0.538. The summed E-state index contributed by atoms with van der Waals surface area (Å²) >= 11 is 0. The Balaban J connectivity index is 1.41. The van der Waals surface area contributed by atoms with Gasteiger partial charge in [-0.2, -0.15) is 4.98 Å². The molecule has 0 radical (unpaired) electrons. The van der Waals surface area contributed by atoms with Crippen LogP contribution in [0.15, 0.2) is 66.9 Å². The lowest BCUT2D eigenvalue weighted by Gasteiger charge is -2.09. The van der Waals surface area contributed by atoms with Crippen LogP contribution in [-0.2, 0) is 16.1 Å². The van der Waals surface area contributed by atoms with Crippen LogP contribution >= 0.6 is 0 Å². The van der Waals surface area contributed by atoms with Crippen LogP contribution in [0.5, 0.6) is 0 Å². The van der Waals surface area contributed by atoms with Crippen LogP contribution in [0.25, 0.3) is 16.8 Å². The van der Waals surface area contributed by atoms with Gasteiger partial charge in [-0.25, -0.2) is 4.52 Å². The highest BCUT2D eigenvalue weighted by Gasteiger charge is 2.34. The molecule has 0 spiro atoms. The number of methoxy groups -OCH3 is 1. The first kappa shape index (κ1) is 19.1. The fourth-order valence-corrected chi connectivity index (χ4v) is 4.07. The molecule has 1 aliphatic carbocycles. The van der Waals surface area contributed by atoms with Crippen molar-refractivity contribution in [1.82, 2.24) is 14.6 Å². The monoisotopic (exact) mass is 412 g/mol. The molecule has 2 heterocycles. The van der Waals surface area contributed by atoms with Crippen molar-refractivity contribution in [1.29, 1.82) is 0 Å². The lowest BCUT2D eigenvalue weighted by Crippen LogP contribution is -2.20. The van der Waals surface area contributed by atoms with E-state index >= 15 is 0 Å². The summed E-state index contributed by atoms with van der Waals surface area (Å²) in [5.74, 6) is -0.603. The third kappa shape index (κ3) is 3.49. The smallest absolute Gasteiger partial charge is 0.249 e. The summed E-state index contributed by atoms with van der Waals surface area (Å²) in [5.41, 5.74) is 5.08. The standard InChI is InChI=1S/C24H20N4O3/c1-31-14-16-6-2-3-7-17(16)15-10-11-22-25-24(27-28(22)13-15)26-23(30)20-12-21(29)19-9-5-4-8-18(19)20/h2-11,13,20H,12,14H2,1H3,(H,26,27,30)/t20-/m0/s1. The summed E-state index contributed by atoms with van der Waals surface area (Å²) in [4.78, 5) is 29.4. The van der Waals surface area contributed by atoms with Crippen molar-refractivity contribution in [2.75, 3.05) is 12.4 Å². The van der Waals surface area contributed by atoms with Crippen molar-refractivity contribution in [3.05, 3.63) is 83.6 Å². The van der Waals surface area contributed by atoms with E-state index in [2.05, 4.69) is 15.4 Å². The zero-order valence-corrected chi connectivity index (χ0v) is 16.9. The Morgan fingerprint density at radius 2 is 1.87 bits per heavy atom. The number of Topliss-reactive ketones (excluding diaryl/α,β-unsaturated/α-hetero) is 1. The molecule has 1 N–H and O–H groups in total. The van der Waals surface area contributed by atoms with Gasteiger partial charge in [0.1, 0.15) is 0 Å². The number of aromatic nitrogens is 3. The number of anilines is 1. The van der Waals surface area contributed by atoms with E-state index in [-0.39, 0.29) is 24.1 Å². The lowest BCUT2D eigenvalue weighted by molar-refractivity contribution is -0.117. The maximum atomic E-state index is 12.8. The maximum absolute atomic E-state index is 12.8. The number of nitrogens with one attached hydrogen (secondary N) is 1. The molecule has 4 aromatic rings. The Bertz CT molecular complexity index is 1310. The number of nitrogens with zero attached hydrogens (tertiary/aromatic N) is 3. The molecule has 0 fully saturated rings. The first-order chi connectivity index (χ1) is 15.1. The Morgan fingerprint density at radius 1 is 1.10 bits per heavy atom. The molecule has 2 aromatic heterocycles. The molecule has 0 saturated carbocycles. The number of carbonyl (C=O) groups excluding carboxylic acids is 2. The zero-order chi connectivity index (χ0) is 21.4. The van der Waals surface area contributed by atoms with E-state index in [9.17, 15) is 9.59 Å². The van der Waals surface area contributed by atoms with Crippen LogP contribution in [0, 0.1) is 0 Å². The summed E-state index contributed by atoms with van der Waals surface area (Å²) < 4.78 is 6.94. The molecule has 5 rings (SSSR count). The summed E-state index contributed by atoms with van der Waals surface area (Å²) in [7, 11) is 1.67. The van der Waals surface area contributed by atoms with Gasteiger partial charge in [-0.05, 0) is 28.8 Å². The number of ether oxygens (including phenoxy) is 1. The fourth-order valence-electron chi connectivity index (χ4n) is 4.07. The number of fused-ring (bicyclic) bond motifs is 2. The van der Waals surface area contributed by atoms with E-state index in [1.165, 1.54) is 0 Å². The Kier molecular flexibility index (Phi) is 4.80. The molecule has 31 heavy (non-hydrogen) atoms. The van der Waals surface area contributed by atoms with Gasteiger partial charge < -0.3 is 4.74 Å². The highest BCUT2D eigenvalue weighted by molar-refractivity contribution is 6.09. The number of amides is 1. The average Bonchev–Trinajstić information content (AvgIpc) is 3.34. The number of hydrogen-bond donors (Lipinski definition) is 1. The lowest BCUT2D eigenvalue weighted by atomic mass is 10.0. The Morgan fingerprint density at radius 3 is 2.71 bits per heavy atom. The largest absolute Gasteiger partial charge is 0.380 e. The fraction of sp³-hybridized carbons (Fsp3) is 0.167. The molecular weight excluding hydrogens is 392 g/mol. The van der Waals surface area contributed by atoms with E-state index in [4.69, 9.17) is 4.74 Å². The van der Waals surface area contributed by atoms with Crippen molar-refractivity contribution >= 4 is 23.3 Å².